The van der Waals surface area contributed by atoms with E-state index in [2.05, 4.69) is 10.5 Å². The Hall–Kier alpha value is -0.840. The zero-order valence-corrected chi connectivity index (χ0v) is 5.92. The Morgan fingerprint density at radius 3 is 2.73 bits per heavy atom. The molecule has 0 saturated heterocycles. The van der Waals surface area contributed by atoms with Gasteiger partial charge in [-0.15, -0.1) is 0 Å². The van der Waals surface area contributed by atoms with Gasteiger partial charge in [0.15, 0.2) is 0 Å². The molecule has 0 radical (unpaired) electrons. The monoisotopic (exact) mass is 163 g/mol. The Kier molecular flexibility index (Phi) is 1.99. The van der Waals surface area contributed by atoms with Crippen molar-refractivity contribution in [3.05, 3.63) is 0 Å². The first kappa shape index (κ1) is 8.26. The van der Waals surface area contributed by atoms with Crippen LogP contribution in [-0.4, -0.2) is 29.6 Å². The van der Waals surface area contributed by atoms with E-state index in [4.69, 9.17) is 5.11 Å². The Balaban J connectivity index is 2.23. The van der Waals surface area contributed by atoms with Crippen LogP contribution in [0.15, 0.2) is 0 Å². The second-order valence-electron chi connectivity index (χ2n) is 2.78. The number of rotatable bonds is 2. The number of aliphatic hydroxyl groups excluding tert-OH is 1. The minimum atomic E-state index is -1.56. The van der Waals surface area contributed by atoms with Gasteiger partial charge in [0.1, 0.15) is 11.8 Å². The molecule has 0 atom stereocenters. The standard InChI is InChI=1S/C6H10FNO3/c7-6(3-9)1-4(2-6)11-5(8)10/h4,9H,1-3H2,(H2,8,10). The smallest absolute Gasteiger partial charge is 0.404 e. The van der Waals surface area contributed by atoms with E-state index < -0.39 is 24.5 Å². The van der Waals surface area contributed by atoms with E-state index in [1.54, 1.807) is 0 Å². The van der Waals surface area contributed by atoms with E-state index >= 15 is 0 Å². The molecule has 11 heavy (non-hydrogen) atoms. The highest BCUT2D eigenvalue weighted by Crippen LogP contribution is 2.37. The maximum absolute atomic E-state index is 12.9. The number of nitrogens with two attached hydrogens (primary N) is 1. The van der Waals surface area contributed by atoms with E-state index in [0.717, 1.165) is 0 Å². The van der Waals surface area contributed by atoms with E-state index in [0.29, 0.717) is 0 Å². The van der Waals surface area contributed by atoms with Crippen molar-refractivity contribution in [2.24, 2.45) is 5.73 Å². The van der Waals surface area contributed by atoms with Crippen LogP contribution >= 0.6 is 0 Å². The quantitative estimate of drug-likeness (QED) is 0.599. The average Bonchev–Trinajstić information content (AvgIpc) is 1.83. The fraction of sp³-hybridized carbons (Fsp3) is 0.833. The number of ether oxygens (including phenoxy) is 1. The van der Waals surface area contributed by atoms with Crippen molar-refractivity contribution < 1.29 is 19.0 Å². The van der Waals surface area contributed by atoms with Crippen LogP contribution in [0.3, 0.4) is 0 Å². The largest absolute Gasteiger partial charge is 0.446 e. The summed E-state index contributed by atoms with van der Waals surface area (Å²) < 4.78 is 17.3. The van der Waals surface area contributed by atoms with Gasteiger partial charge in [-0.2, -0.15) is 0 Å². The third-order valence-electron chi connectivity index (χ3n) is 1.75. The lowest BCUT2D eigenvalue weighted by atomic mass is 9.80. The molecule has 0 aromatic heterocycles. The van der Waals surface area contributed by atoms with Crippen LogP contribution in [0.2, 0.25) is 0 Å². The van der Waals surface area contributed by atoms with Gasteiger partial charge in [-0.1, -0.05) is 0 Å². The van der Waals surface area contributed by atoms with E-state index in [1.165, 1.54) is 0 Å². The lowest BCUT2D eigenvalue weighted by molar-refractivity contribution is -0.0867. The number of hydrogen-bond donors (Lipinski definition) is 2. The van der Waals surface area contributed by atoms with E-state index in [9.17, 15) is 9.18 Å². The molecular weight excluding hydrogens is 153 g/mol. The molecule has 1 rings (SSSR count). The second kappa shape index (κ2) is 2.65. The predicted octanol–water partition coefficient (Wildman–Crippen LogP) is -0.0553. The number of hydrogen-bond acceptors (Lipinski definition) is 3. The molecule has 4 nitrogen and oxygen atoms in total. The Bertz CT molecular complexity index is 167. The first-order valence-corrected chi connectivity index (χ1v) is 3.31. The first-order chi connectivity index (χ1) is 5.06. The molecule has 0 unspecified atom stereocenters. The van der Waals surface area contributed by atoms with E-state index in [-0.39, 0.29) is 12.8 Å². The molecule has 0 aromatic carbocycles. The van der Waals surface area contributed by atoms with Crippen molar-refractivity contribution in [3.63, 3.8) is 0 Å². The van der Waals surface area contributed by atoms with Crippen LogP contribution in [0.4, 0.5) is 9.18 Å². The van der Waals surface area contributed by atoms with Crippen molar-refractivity contribution >= 4 is 6.09 Å². The molecule has 1 aliphatic rings. The Morgan fingerprint density at radius 2 is 2.36 bits per heavy atom. The second-order valence-corrected chi connectivity index (χ2v) is 2.78. The topological polar surface area (TPSA) is 72.6 Å². The number of carbonyl (C=O) groups is 1. The summed E-state index contributed by atoms with van der Waals surface area (Å²) in [5.41, 5.74) is 3.13. The van der Waals surface area contributed by atoms with Crippen molar-refractivity contribution in [1.29, 1.82) is 0 Å². The molecule has 0 aromatic rings. The van der Waals surface area contributed by atoms with Gasteiger partial charge in [0, 0.05) is 12.8 Å². The molecule has 1 aliphatic carbocycles. The first-order valence-electron chi connectivity index (χ1n) is 3.31. The third-order valence-corrected chi connectivity index (χ3v) is 1.75. The Morgan fingerprint density at radius 1 is 1.82 bits per heavy atom. The van der Waals surface area contributed by atoms with Crippen molar-refractivity contribution in [3.8, 4) is 0 Å². The summed E-state index contributed by atoms with van der Waals surface area (Å²) in [6.07, 6.45) is -1.25. The molecule has 1 saturated carbocycles. The zero-order chi connectivity index (χ0) is 8.48. The molecule has 3 N–H and O–H groups in total. The summed E-state index contributed by atoms with van der Waals surface area (Å²) in [4.78, 5) is 10.1. The van der Waals surface area contributed by atoms with Gasteiger partial charge < -0.3 is 15.6 Å². The third kappa shape index (κ3) is 1.80. The van der Waals surface area contributed by atoms with Crippen LogP contribution in [-0.2, 0) is 4.74 Å². The van der Waals surface area contributed by atoms with Crippen molar-refractivity contribution in [1.82, 2.24) is 0 Å². The van der Waals surface area contributed by atoms with Crippen LogP contribution in [0.25, 0.3) is 0 Å². The SMILES string of the molecule is NC(=O)OC1CC(F)(CO)C1. The van der Waals surface area contributed by atoms with Crippen LogP contribution < -0.4 is 5.73 Å². The lowest BCUT2D eigenvalue weighted by Gasteiger charge is -2.38. The van der Waals surface area contributed by atoms with Gasteiger partial charge in [0.2, 0.25) is 0 Å². The maximum Gasteiger partial charge on any atom is 0.404 e. The van der Waals surface area contributed by atoms with E-state index in [1.807, 2.05) is 0 Å². The molecule has 0 bridgehead atoms. The van der Waals surface area contributed by atoms with Crippen molar-refractivity contribution in [2.75, 3.05) is 6.61 Å². The predicted molar refractivity (Wildman–Crippen MR) is 34.6 cm³/mol. The number of aliphatic hydroxyl groups is 1. The number of amides is 1. The molecule has 0 aliphatic heterocycles. The molecule has 0 heterocycles. The maximum atomic E-state index is 12.9. The van der Waals surface area contributed by atoms with Crippen LogP contribution in [0.5, 0.6) is 0 Å². The molecule has 5 heteroatoms. The summed E-state index contributed by atoms with van der Waals surface area (Å²) in [7, 11) is 0. The van der Waals surface area contributed by atoms with Gasteiger partial charge in [-0.3, -0.25) is 0 Å². The number of primary amides is 1. The average molecular weight is 163 g/mol. The van der Waals surface area contributed by atoms with Crippen molar-refractivity contribution in [2.45, 2.75) is 24.6 Å². The van der Waals surface area contributed by atoms with Gasteiger partial charge >= 0.3 is 6.09 Å². The normalized spacial score (nSPS) is 36.0. The molecule has 0 spiro atoms. The molecule has 1 amide bonds. The highest BCUT2D eigenvalue weighted by atomic mass is 19.1. The molecule has 64 valence electrons. The summed E-state index contributed by atoms with van der Waals surface area (Å²) in [5.74, 6) is 0. The minimum absolute atomic E-state index is 0.0481. The van der Waals surface area contributed by atoms with Gasteiger partial charge in [-0.05, 0) is 0 Å². The van der Waals surface area contributed by atoms with Crippen LogP contribution in [0, 0.1) is 0 Å². The van der Waals surface area contributed by atoms with Gasteiger partial charge in [0.25, 0.3) is 0 Å². The summed E-state index contributed by atoms with van der Waals surface area (Å²) in [5, 5.41) is 8.45. The number of alkyl halides is 1. The highest BCUT2D eigenvalue weighted by molar-refractivity contribution is 5.64. The minimum Gasteiger partial charge on any atom is -0.446 e. The summed E-state index contributed by atoms with van der Waals surface area (Å²) in [6.45, 7) is -0.522. The molecular formula is C6H10FNO3. The molecule has 1 fully saturated rings. The highest BCUT2D eigenvalue weighted by Gasteiger charge is 2.46. The summed E-state index contributed by atoms with van der Waals surface area (Å²) >= 11 is 0. The number of carbonyl (C=O) groups excluding carboxylic acids is 1. The zero-order valence-electron chi connectivity index (χ0n) is 5.92. The fourth-order valence-electron chi connectivity index (χ4n) is 1.13. The fourth-order valence-corrected chi connectivity index (χ4v) is 1.13. The van der Waals surface area contributed by atoms with Gasteiger partial charge in [-0.25, -0.2) is 9.18 Å². The number of halogens is 1. The lowest BCUT2D eigenvalue weighted by Crippen LogP contribution is -2.48. The Labute approximate surface area is 63.1 Å². The van der Waals surface area contributed by atoms with Gasteiger partial charge in [0.05, 0.1) is 6.61 Å². The van der Waals surface area contributed by atoms with Crippen LogP contribution in [0.1, 0.15) is 12.8 Å². The summed E-state index contributed by atoms with van der Waals surface area (Å²) in [6, 6.07) is 0.